The molecule has 7 nitrogen and oxygen atoms in total. The van der Waals surface area contributed by atoms with E-state index in [1.807, 2.05) is 24.3 Å². The standard InChI is InChI=1S/C23H28N2O5/c1-5-17-9-19(30-24-17)14-25-12-15-6-7-18(26-2)10-20(15)29-21-11-23(28-4)22(27-3)8-16(21)13-25/h6-8,10-11,19H,5,9,12-14H2,1-4H3. The van der Waals surface area contributed by atoms with Gasteiger partial charge in [0.25, 0.3) is 0 Å². The molecule has 30 heavy (non-hydrogen) atoms. The van der Waals surface area contributed by atoms with Crippen molar-refractivity contribution < 1.29 is 23.8 Å². The normalized spacial score (nSPS) is 18.1. The summed E-state index contributed by atoms with van der Waals surface area (Å²) in [7, 11) is 4.92. The van der Waals surface area contributed by atoms with Gasteiger partial charge in [0, 0.05) is 49.3 Å². The van der Waals surface area contributed by atoms with Crippen LogP contribution in [-0.4, -0.2) is 44.6 Å². The van der Waals surface area contributed by atoms with Gasteiger partial charge in [-0.2, -0.15) is 0 Å². The maximum atomic E-state index is 6.32. The lowest BCUT2D eigenvalue weighted by Crippen LogP contribution is -2.33. The molecule has 0 saturated carbocycles. The second-order valence-electron chi connectivity index (χ2n) is 7.50. The van der Waals surface area contributed by atoms with Crippen molar-refractivity contribution >= 4 is 5.71 Å². The SMILES string of the molecule is CCC1=NOC(CN2Cc3ccc(OC)cc3Oc3cc(OC)c(OC)cc3C2)C1. The highest BCUT2D eigenvalue weighted by atomic mass is 16.6. The minimum atomic E-state index is 0.0607. The van der Waals surface area contributed by atoms with Crippen molar-refractivity contribution in [2.75, 3.05) is 27.9 Å². The summed E-state index contributed by atoms with van der Waals surface area (Å²) >= 11 is 0. The zero-order chi connectivity index (χ0) is 21.1. The Labute approximate surface area is 177 Å². The maximum absolute atomic E-state index is 6.32. The van der Waals surface area contributed by atoms with E-state index in [1.54, 1.807) is 21.3 Å². The largest absolute Gasteiger partial charge is 0.497 e. The van der Waals surface area contributed by atoms with Gasteiger partial charge in [0.2, 0.25) is 0 Å². The first-order valence-electron chi connectivity index (χ1n) is 10.2. The number of rotatable bonds is 6. The van der Waals surface area contributed by atoms with Gasteiger partial charge in [-0.3, -0.25) is 4.90 Å². The van der Waals surface area contributed by atoms with Crippen LogP contribution in [0.2, 0.25) is 0 Å². The van der Waals surface area contributed by atoms with E-state index in [-0.39, 0.29) is 6.10 Å². The molecule has 0 fully saturated rings. The molecule has 2 aliphatic rings. The van der Waals surface area contributed by atoms with Crippen LogP contribution in [0.25, 0.3) is 0 Å². The Bertz CT molecular complexity index is 943. The number of fused-ring (bicyclic) bond motifs is 2. The number of hydrogen-bond acceptors (Lipinski definition) is 7. The summed E-state index contributed by atoms with van der Waals surface area (Å²) in [5.41, 5.74) is 3.23. The molecule has 2 aromatic carbocycles. The van der Waals surface area contributed by atoms with Crippen molar-refractivity contribution in [3.05, 3.63) is 41.5 Å². The molecular weight excluding hydrogens is 384 g/mol. The van der Waals surface area contributed by atoms with E-state index >= 15 is 0 Å². The number of benzene rings is 2. The van der Waals surface area contributed by atoms with E-state index in [2.05, 4.69) is 23.0 Å². The second-order valence-corrected chi connectivity index (χ2v) is 7.50. The summed E-state index contributed by atoms with van der Waals surface area (Å²) in [6.45, 7) is 4.31. The molecule has 1 atom stereocenters. The van der Waals surface area contributed by atoms with Crippen LogP contribution in [0.15, 0.2) is 35.5 Å². The van der Waals surface area contributed by atoms with Crippen molar-refractivity contribution in [2.45, 2.75) is 39.0 Å². The third-order valence-corrected chi connectivity index (χ3v) is 5.51. The molecule has 0 bridgehead atoms. The Morgan fingerprint density at radius 1 is 0.967 bits per heavy atom. The van der Waals surface area contributed by atoms with Crippen LogP contribution >= 0.6 is 0 Å². The van der Waals surface area contributed by atoms with Crippen molar-refractivity contribution in [2.24, 2.45) is 5.16 Å². The fourth-order valence-electron chi connectivity index (χ4n) is 3.87. The van der Waals surface area contributed by atoms with Gasteiger partial charge >= 0.3 is 0 Å². The molecule has 160 valence electrons. The van der Waals surface area contributed by atoms with Crippen LogP contribution in [0.1, 0.15) is 30.9 Å². The van der Waals surface area contributed by atoms with Gasteiger partial charge < -0.3 is 23.8 Å². The molecule has 0 aliphatic carbocycles. The highest BCUT2D eigenvalue weighted by Crippen LogP contribution is 2.41. The average Bonchev–Trinajstić information content (AvgIpc) is 3.21. The summed E-state index contributed by atoms with van der Waals surface area (Å²) in [4.78, 5) is 8.03. The van der Waals surface area contributed by atoms with Gasteiger partial charge in [0.1, 0.15) is 23.4 Å². The lowest BCUT2D eigenvalue weighted by molar-refractivity contribution is 0.0470. The first kappa shape index (κ1) is 20.3. The summed E-state index contributed by atoms with van der Waals surface area (Å²) in [5, 5.41) is 4.22. The number of ether oxygens (including phenoxy) is 4. The zero-order valence-corrected chi connectivity index (χ0v) is 17.9. The van der Waals surface area contributed by atoms with E-state index in [9.17, 15) is 0 Å². The van der Waals surface area contributed by atoms with Gasteiger partial charge in [-0.05, 0) is 18.6 Å². The molecule has 0 spiro atoms. The molecule has 4 rings (SSSR count). The zero-order valence-electron chi connectivity index (χ0n) is 17.9. The molecule has 0 radical (unpaired) electrons. The van der Waals surface area contributed by atoms with Gasteiger partial charge in [0.05, 0.1) is 27.0 Å². The molecule has 0 saturated heterocycles. The summed E-state index contributed by atoms with van der Waals surface area (Å²) < 4.78 is 22.7. The fraction of sp³-hybridized carbons (Fsp3) is 0.435. The molecular formula is C23H28N2O5. The van der Waals surface area contributed by atoms with Crippen LogP contribution in [0.4, 0.5) is 0 Å². The van der Waals surface area contributed by atoms with Gasteiger partial charge in [-0.25, -0.2) is 0 Å². The molecule has 2 heterocycles. The Morgan fingerprint density at radius 3 is 2.40 bits per heavy atom. The predicted octanol–water partition coefficient (Wildman–Crippen LogP) is 4.38. The quantitative estimate of drug-likeness (QED) is 0.702. The third kappa shape index (κ3) is 4.16. The number of oxime groups is 1. The van der Waals surface area contributed by atoms with Gasteiger partial charge in [-0.1, -0.05) is 18.1 Å². The third-order valence-electron chi connectivity index (χ3n) is 5.51. The van der Waals surface area contributed by atoms with Crippen molar-refractivity contribution in [3.63, 3.8) is 0 Å². The van der Waals surface area contributed by atoms with E-state index < -0.39 is 0 Å². The molecule has 0 aromatic heterocycles. The summed E-state index contributed by atoms with van der Waals surface area (Å²) in [5.74, 6) is 3.57. The number of nitrogens with zero attached hydrogens (tertiary/aromatic N) is 2. The Morgan fingerprint density at radius 2 is 1.70 bits per heavy atom. The first-order chi connectivity index (χ1) is 14.6. The second kappa shape index (κ2) is 8.83. The van der Waals surface area contributed by atoms with E-state index in [0.717, 1.165) is 60.0 Å². The van der Waals surface area contributed by atoms with Crippen LogP contribution in [0, 0.1) is 0 Å². The van der Waals surface area contributed by atoms with Crippen molar-refractivity contribution in [3.8, 4) is 28.7 Å². The lowest BCUT2D eigenvalue weighted by Gasteiger charge is -2.29. The summed E-state index contributed by atoms with van der Waals surface area (Å²) in [6, 6.07) is 9.79. The van der Waals surface area contributed by atoms with E-state index in [1.165, 1.54) is 0 Å². The molecule has 0 N–H and O–H groups in total. The molecule has 2 aromatic rings. The molecule has 1 unspecified atom stereocenters. The minimum Gasteiger partial charge on any atom is -0.497 e. The minimum absolute atomic E-state index is 0.0607. The van der Waals surface area contributed by atoms with Gasteiger partial charge in [-0.15, -0.1) is 0 Å². The van der Waals surface area contributed by atoms with Crippen LogP contribution in [-0.2, 0) is 17.9 Å². The smallest absolute Gasteiger partial charge is 0.164 e. The molecule has 0 amide bonds. The topological polar surface area (TPSA) is 61.8 Å². The molecule has 7 heteroatoms. The first-order valence-corrected chi connectivity index (χ1v) is 10.2. The average molecular weight is 412 g/mol. The Kier molecular flexibility index (Phi) is 5.99. The van der Waals surface area contributed by atoms with Crippen molar-refractivity contribution in [1.82, 2.24) is 4.90 Å². The highest BCUT2D eigenvalue weighted by molar-refractivity contribution is 5.85. The number of hydrogen-bond donors (Lipinski definition) is 0. The monoisotopic (exact) mass is 412 g/mol. The van der Waals surface area contributed by atoms with E-state index in [4.69, 9.17) is 23.8 Å². The Hall–Kier alpha value is -2.93. The fourth-order valence-corrected chi connectivity index (χ4v) is 3.87. The number of methoxy groups -OCH3 is 3. The van der Waals surface area contributed by atoms with Crippen LogP contribution in [0.3, 0.4) is 0 Å². The van der Waals surface area contributed by atoms with Crippen molar-refractivity contribution in [1.29, 1.82) is 0 Å². The highest BCUT2D eigenvalue weighted by Gasteiger charge is 2.26. The van der Waals surface area contributed by atoms with Crippen LogP contribution in [0.5, 0.6) is 28.7 Å². The van der Waals surface area contributed by atoms with E-state index in [0.29, 0.717) is 18.0 Å². The Balaban J connectivity index is 1.69. The maximum Gasteiger partial charge on any atom is 0.164 e. The molecule has 2 aliphatic heterocycles. The predicted molar refractivity (Wildman–Crippen MR) is 114 cm³/mol. The van der Waals surface area contributed by atoms with Crippen LogP contribution < -0.4 is 18.9 Å². The van der Waals surface area contributed by atoms with Gasteiger partial charge in [0.15, 0.2) is 11.5 Å². The summed E-state index contributed by atoms with van der Waals surface area (Å²) in [6.07, 6.45) is 1.86. The lowest BCUT2D eigenvalue weighted by atomic mass is 10.1.